The lowest BCUT2D eigenvalue weighted by Gasteiger charge is -2.06. The average Bonchev–Trinajstić information content (AvgIpc) is 3.24. The first-order valence-corrected chi connectivity index (χ1v) is 10.2. The number of furan rings is 1. The van der Waals surface area contributed by atoms with E-state index in [1.165, 1.54) is 6.08 Å². The van der Waals surface area contributed by atoms with Crippen LogP contribution in [0.3, 0.4) is 0 Å². The molecule has 0 atom stereocenters. The lowest BCUT2D eigenvalue weighted by molar-refractivity contribution is 0.104. The molecule has 150 valence electrons. The molecule has 4 aromatic rings. The third-order valence-corrected chi connectivity index (χ3v) is 5.10. The fourth-order valence-electron chi connectivity index (χ4n) is 3.01. The molecular formula is C25H19BrO4. The van der Waals surface area contributed by atoms with Crippen molar-refractivity contribution in [3.05, 3.63) is 100 Å². The number of hydrogen-bond donors (Lipinski definition) is 0. The zero-order valence-corrected chi connectivity index (χ0v) is 17.9. The van der Waals surface area contributed by atoms with E-state index in [0.717, 1.165) is 21.0 Å². The van der Waals surface area contributed by atoms with Crippen molar-refractivity contribution in [3.8, 4) is 11.5 Å². The first-order valence-electron chi connectivity index (χ1n) is 9.38. The van der Waals surface area contributed by atoms with E-state index in [0.29, 0.717) is 29.4 Å². The van der Waals surface area contributed by atoms with E-state index in [1.807, 2.05) is 42.5 Å². The Morgan fingerprint density at radius 3 is 2.47 bits per heavy atom. The normalized spacial score (nSPS) is 11.1. The van der Waals surface area contributed by atoms with Gasteiger partial charge in [0.2, 0.25) is 0 Å². The Hall–Kier alpha value is -3.31. The molecule has 0 saturated carbocycles. The van der Waals surface area contributed by atoms with E-state index < -0.39 is 0 Å². The maximum atomic E-state index is 12.3. The van der Waals surface area contributed by atoms with Crippen molar-refractivity contribution < 1.29 is 18.7 Å². The Labute approximate surface area is 182 Å². The molecule has 5 heteroatoms. The zero-order chi connectivity index (χ0) is 20.9. The minimum absolute atomic E-state index is 0.102. The molecule has 0 radical (unpaired) electrons. The monoisotopic (exact) mass is 462 g/mol. The summed E-state index contributed by atoms with van der Waals surface area (Å²) in [5.41, 5.74) is 0.588. The molecule has 0 N–H and O–H groups in total. The molecule has 0 unspecified atom stereocenters. The van der Waals surface area contributed by atoms with Crippen LogP contribution >= 0.6 is 15.9 Å². The van der Waals surface area contributed by atoms with Gasteiger partial charge in [0.25, 0.3) is 0 Å². The summed E-state index contributed by atoms with van der Waals surface area (Å²) < 4.78 is 17.7. The van der Waals surface area contributed by atoms with Gasteiger partial charge >= 0.3 is 0 Å². The van der Waals surface area contributed by atoms with E-state index in [1.54, 1.807) is 37.5 Å². The number of fused-ring (bicyclic) bond motifs is 1. The van der Waals surface area contributed by atoms with Crippen LogP contribution in [0, 0.1) is 0 Å². The number of hydrogen-bond acceptors (Lipinski definition) is 4. The first kappa shape index (κ1) is 20.0. The summed E-state index contributed by atoms with van der Waals surface area (Å²) >= 11 is 3.48. The van der Waals surface area contributed by atoms with E-state index in [4.69, 9.17) is 13.9 Å². The van der Waals surface area contributed by atoms with Crippen molar-refractivity contribution in [2.75, 3.05) is 7.11 Å². The maximum Gasteiger partial charge on any atom is 0.185 e. The lowest BCUT2D eigenvalue weighted by Crippen LogP contribution is -1.94. The van der Waals surface area contributed by atoms with Crippen LogP contribution in [0.25, 0.3) is 16.8 Å². The van der Waals surface area contributed by atoms with Crippen LogP contribution < -0.4 is 9.47 Å². The van der Waals surface area contributed by atoms with Crippen molar-refractivity contribution in [2.45, 2.75) is 6.61 Å². The molecule has 4 rings (SSSR count). The third kappa shape index (κ3) is 4.81. The van der Waals surface area contributed by atoms with E-state index >= 15 is 0 Å². The summed E-state index contributed by atoms with van der Waals surface area (Å²) in [7, 11) is 1.59. The Morgan fingerprint density at radius 2 is 1.67 bits per heavy atom. The largest absolute Gasteiger partial charge is 0.497 e. The topological polar surface area (TPSA) is 48.7 Å². The number of benzene rings is 3. The highest BCUT2D eigenvalue weighted by Crippen LogP contribution is 2.25. The molecular weight excluding hydrogens is 444 g/mol. The summed E-state index contributed by atoms with van der Waals surface area (Å²) in [6.45, 7) is 0.308. The number of allylic oxidation sites excluding steroid dienone is 1. The molecule has 1 heterocycles. The minimum Gasteiger partial charge on any atom is -0.497 e. The Morgan fingerprint density at radius 1 is 0.933 bits per heavy atom. The molecule has 3 aromatic carbocycles. The van der Waals surface area contributed by atoms with Crippen LogP contribution in [-0.4, -0.2) is 12.9 Å². The van der Waals surface area contributed by atoms with Crippen LogP contribution in [0.1, 0.15) is 21.9 Å². The van der Waals surface area contributed by atoms with Crippen molar-refractivity contribution in [1.82, 2.24) is 0 Å². The average molecular weight is 463 g/mol. The van der Waals surface area contributed by atoms with Gasteiger partial charge in [-0.3, -0.25) is 4.79 Å². The summed E-state index contributed by atoms with van der Waals surface area (Å²) in [5.74, 6) is 2.66. The van der Waals surface area contributed by atoms with Crippen molar-refractivity contribution >= 4 is 38.6 Å². The summed E-state index contributed by atoms with van der Waals surface area (Å²) in [6.07, 6.45) is 3.15. The summed E-state index contributed by atoms with van der Waals surface area (Å²) in [5, 5.41) is 2.25. The predicted octanol–water partition coefficient (Wildman–Crippen LogP) is 6.68. The number of methoxy groups -OCH3 is 1. The molecule has 0 aliphatic rings. The number of ketones is 1. The van der Waals surface area contributed by atoms with Crippen LogP contribution in [0.15, 0.2) is 87.8 Å². The molecule has 1 aromatic heterocycles. The van der Waals surface area contributed by atoms with Crippen LogP contribution in [0.2, 0.25) is 0 Å². The van der Waals surface area contributed by atoms with Crippen LogP contribution in [0.4, 0.5) is 0 Å². The van der Waals surface area contributed by atoms with Gasteiger partial charge in [0.15, 0.2) is 5.78 Å². The van der Waals surface area contributed by atoms with Gasteiger partial charge in [-0.05, 0) is 83.6 Å². The van der Waals surface area contributed by atoms with Gasteiger partial charge in [0.05, 0.1) is 7.11 Å². The SMILES string of the molecule is COc1ccc(C(=O)/C=C/c2ccc(COc3ccc4cc(Br)ccc4c3)o2)cc1. The van der Waals surface area contributed by atoms with Gasteiger partial charge < -0.3 is 13.9 Å². The standard InChI is InChI=1S/C25H19BrO4/c1-28-21-7-3-17(4-8-21)25(27)13-12-22-10-11-24(30-22)16-29-23-9-5-18-14-20(26)6-2-19(18)15-23/h2-15H,16H2,1H3/b13-12+. The quantitative estimate of drug-likeness (QED) is 0.227. The Kier molecular flexibility index (Phi) is 6.00. The Balaban J connectivity index is 1.37. The van der Waals surface area contributed by atoms with Crippen molar-refractivity contribution in [2.24, 2.45) is 0 Å². The van der Waals surface area contributed by atoms with Gasteiger partial charge in [-0.25, -0.2) is 0 Å². The van der Waals surface area contributed by atoms with Gasteiger partial charge in [-0.1, -0.05) is 28.1 Å². The van der Waals surface area contributed by atoms with Gasteiger partial charge in [0, 0.05) is 10.0 Å². The summed E-state index contributed by atoms with van der Waals surface area (Å²) in [6, 6.07) is 22.7. The number of halogens is 1. The highest BCUT2D eigenvalue weighted by Gasteiger charge is 2.05. The van der Waals surface area contributed by atoms with E-state index in [-0.39, 0.29) is 5.78 Å². The van der Waals surface area contributed by atoms with Gasteiger partial charge in [0.1, 0.15) is 29.6 Å². The second-order valence-electron chi connectivity index (χ2n) is 6.67. The highest BCUT2D eigenvalue weighted by molar-refractivity contribution is 9.10. The number of ether oxygens (including phenoxy) is 2. The molecule has 0 bridgehead atoms. The number of carbonyl (C=O) groups excluding carboxylic acids is 1. The second kappa shape index (κ2) is 9.01. The lowest BCUT2D eigenvalue weighted by atomic mass is 10.1. The van der Waals surface area contributed by atoms with Crippen molar-refractivity contribution in [1.29, 1.82) is 0 Å². The maximum absolute atomic E-state index is 12.3. The molecule has 0 saturated heterocycles. The molecule has 0 amide bonds. The van der Waals surface area contributed by atoms with Crippen molar-refractivity contribution in [3.63, 3.8) is 0 Å². The molecule has 0 aliphatic carbocycles. The molecule has 0 spiro atoms. The Bertz CT molecular complexity index is 1210. The molecule has 4 nitrogen and oxygen atoms in total. The predicted molar refractivity (Wildman–Crippen MR) is 121 cm³/mol. The van der Waals surface area contributed by atoms with E-state index in [9.17, 15) is 4.79 Å². The van der Waals surface area contributed by atoms with Crippen LogP contribution in [0.5, 0.6) is 11.5 Å². The second-order valence-corrected chi connectivity index (χ2v) is 7.59. The fourth-order valence-corrected chi connectivity index (χ4v) is 3.39. The number of carbonyl (C=O) groups is 1. The zero-order valence-electron chi connectivity index (χ0n) is 16.3. The number of rotatable bonds is 7. The minimum atomic E-state index is -0.102. The smallest absolute Gasteiger partial charge is 0.185 e. The molecule has 0 aliphatic heterocycles. The summed E-state index contributed by atoms with van der Waals surface area (Å²) in [4.78, 5) is 12.3. The van der Waals surface area contributed by atoms with Crippen LogP contribution in [-0.2, 0) is 6.61 Å². The van der Waals surface area contributed by atoms with Gasteiger partial charge in [-0.2, -0.15) is 0 Å². The fraction of sp³-hybridized carbons (Fsp3) is 0.0800. The highest BCUT2D eigenvalue weighted by atomic mass is 79.9. The third-order valence-electron chi connectivity index (χ3n) is 4.61. The molecule has 0 fully saturated rings. The van der Waals surface area contributed by atoms with Gasteiger partial charge in [-0.15, -0.1) is 0 Å². The first-order chi connectivity index (χ1) is 14.6. The van der Waals surface area contributed by atoms with E-state index in [2.05, 4.69) is 22.0 Å². The molecule has 30 heavy (non-hydrogen) atoms.